The molecule has 0 bridgehead atoms. The number of sulfonamides is 1. The van der Waals surface area contributed by atoms with Crippen LogP contribution in [0, 0.1) is 5.82 Å². The van der Waals surface area contributed by atoms with Crippen molar-refractivity contribution in [2.45, 2.75) is 24.8 Å². The minimum absolute atomic E-state index is 0.0379. The van der Waals surface area contributed by atoms with Gasteiger partial charge in [0.2, 0.25) is 10.0 Å². The molecule has 0 aliphatic rings. The highest BCUT2D eigenvalue weighted by atomic mass is 32.2. The lowest BCUT2D eigenvalue weighted by Crippen LogP contribution is -2.28. The molecule has 0 aliphatic heterocycles. The second kappa shape index (κ2) is 6.12. The van der Waals surface area contributed by atoms with E-state index < -0.39 is 15.8 Å². The van der Waals surface area contributed by atoms with Crippen LogP contribution < -0.4 is 10.5 Å². The van der Waals surface area contributed by atoms with Crippen LogP contribution in [-0.4, -0.2) is 27.7 Å². The number of ether oxygens (including phenoxy) is 1. The monoisotopic (exact) mass is 276 g/mol. The number of halogens is 1. The first-order valence-corrected chi connectivity index (χ1v) is 6.97. The lowest BCUT2D eigenvalue weighted by molar-refractivity contribution is 0.0834. The van der Waals surface area contributed by atoms with Gasteiger partial charge in [0.25, 0.3) is 0 Å². The third-order valence-electron chi connectivity index (χ3n) is 2.12. The van der Waals surface area contributed by atoms with E-state index in [1.54, 1.807) is 0 Å². The van der Waals surface area contributed by atoms with Gasteiger partial charge in [-0.3, -0.25) is 0 Å². The van der Waals surface area contributed by atoms with Crippen molar-refractivity contribution >= 4 is 15.7 Å². The highest BCUT2D eigenvalue weighted by Gasteiger charge is 2.14. The van der Waals surface area contributed by atoms with Crippen molar-refractivity contribution in [2.75, 3.05) is 18.9 Å². The molecule has 0 atom stereocenters. The number of nitrogens with two attached hydrogens (primary N) is 1. The molecular weight excluding hydrogens is 259 g/mol. The molecule has 0 unspecified atom stereocenters. The predicted octanol–water partition coefficient (Wildman–Crippen LogP) is 1.11. The normalized spacial score (nSPS) is 12.0. The number of hydrogen-bond acceptors (Lipinski definition) is 4. The van der Waals surface area contributed by atoms with Gasteiger partial charge in [-0.05, 0) is 32.0 Å². The molecule has 0 amide bonds. The van der Waals surface area contributed by atoms with Gasteiger partial charge in [-0.1, -0.05) is 0 Å². The fourth-order valence-electron chi connectivity index (χ4n) is 1.24. The largest absolute Gasteiger partial charge is 0.396 e. The first-order valence-electron chi connectivity index (χ1n) is 5.49. The van der Waals surface area contributed by atoms with Crippen LogP contribution in [-0.2, 0) is 14.8 Å². The van der Waals surface area contributed by atoms with Crippen LogP contribution in [0.3, 0.4) is 0 Å². The number of benzene rings is 1. The molecule has 18 heavy (non-hydrogen) atoms. The Morgan fingerprint density at radius 2 is 2.11 bits per heavy atom. The summed E-state index contributed by atoms with van der Waals surface area (Å²) >= 11 is 0. The van der Waals surface area contributed by atoms with Gasteiger partial charge in [-0.25, -0.2) is 17.5 Å². The molecule has 0 saturated heterocycles. The molecule has 3 N–H and O–H groups in total. The molecule has 1 rings (SSSR count). The number of rotatable bonds is 6. The summed E-state index contributed by atoms with van der Waals surface area (Å²) < 4.78 is 44.1. The maximum Gasteiger partial charge on any atom is 0.240 e. The smallest absolute Gasteiger partial charge is 0.240 e. The van der Waals surface area contributed by atoms with E-state index in [0.717, 1.165) is 18.2 Å². The molecule has 0 aromatic heterocycles. The minimum atomic E-state index is -3.67. The van der Waals surface area contributed by atoms with Crippen LogP contribution in [0.1, 0.15) is 13.8 Å². The summed E-state index contributed by atoms with van der Waals surface area (Å²) in [6.45, 7) is 4.13. The maximum absolute atomic E-state index is 12.9. The number of anilines is 1. The summed E-state index contributed by atoms with van der Waals surface area (Å²) in [7, 11) is -3.67. The summed E-state index contributed by atoms with van der Waals surface area (Å²) in [6.07, 6.45) is 0.0379. The van der Waals surface area contributed by atoms with E-state index in [2.05, 4.69) is 4.72 Å². The Morgan fingerprint density at radius 3 is 2.67 bits per heavy atom. The zero-order chi connectivity index (χ0) is 13.8. The lowest BCUT2D eigenvalue weighted by atomic mass is 10.3. The van der Waals surface area contributed by atoms with E-state index in [1.165, 1.54) is 0 Å². The summed E-state index contributed by atoms with van der Waals surface area (Å²) in [6, 6.07) is 3.27. The van der Waals surface area contributed by atoms with Gasteiger partial charge < -0.3 is 10.5 Å². The second-order valence-electron chi connectivity index (χ2n) is 4.00. The third kappa shape index (κ3) is 4.25. The van der Waals surface area contributed by atoms with Crippen molar-refractivity contribution in [3.05, 3.63) is 24.0 Å². The zero-order valence-corrected chi connectivity index (χ0v) is 11.1. The standard InChI is InChI=1S/C11H17FN2O3S/c1-8(2)17-6-5-14-18(15,16)9-3-4-10(12)11(13)7-9/h3-4,7-8,14H,5-6,13H2,1-2H3. The molecule has 0 fully saturated rings. The molecule has 5 nitrogen and oxygen atoms in total. The van der Waals surface area contributed by atoms with Crippen molar-refractivity contribution in [1.82, 2.24) is 4.72 Å². The number of nitrogen functional groups attached to an aromatic ring is 1. The van der Waals surface area contributed by atoms with Crippen molar-refractivity contribution in [2.24, 2.45) is 0 Å². The predicted molar refractivity (Wildman–Crippen MR) is 67.1 cm³/mol. The molecule has 1 aromatic carbocycles. The van der Waals surface area contributed by atoms with Crippen molar-refractivity contribution in [3.63, 3.8) is 0 Å². The van der Waals surface area contributed by atoms with Crippen LogP contribution in [0.4, 0.5) is 10.1 Å². The highest BCUT2D eigenvalue weighted by Crippen LogP contribution is 2.16. The van der Waals surface area contributed by atoms with E-state index in [1.807, 2.05) is 13.8 Å². The lowest BCUT2D eigenvalue weighted by Gasteiger charge is -2.09. The number of nitrogens with one attached hydrogen (secondary N) is 1. The summed E-state index contributed by atoms with van der Waals surface area (Å²) in [5.74, 6) is -0.642. The molecule has 0 spiro atoms. The average molecular weight is 276 g/mol. The SMILES string of the molecule is CC(C)OCCNS(=O)(=O)c1ccc(F)c(N)c1. The molecule has 0 radical (unpaired) electrons. The van der Waals surface area contributed by atoms with Crippen LogP contribution in [0.2, 0.25) is 0 Å². The fraction of sp³-hybridized carbons (Fsp3) is 0.455. The van der Waals surface area contributed by atoms with Crippen LogP contribution in [0.25, 0.3) is 0 Å². The van der Waals surface area contributed by atoms with E-state index in [4.69, 9.17) is 10.5 Å². The van der Waals surface area contributed by atoms with Gasteiger partial charge >= 0.3 is 0 Å². The Morgan fingerprint density at radius 1 is 1.44 bits per heavy atom. The first kappa shape index (κ1) is 14.9. The molecule has 102 valence electrons. The molecule has 0 saturated carbocycles. The molecule has 0 aliphatic carbocycles. The molecular formula is C11H17FN2O3S. The van der Waals surface area contributed by atoms with Crippen LogP contribution >= 0.6 is 0 Å². The molecule has 7 heteroatoms. The fourth-order valence-corrected chi connectivity index (χ4v) is 2.29. The Hall–Kier alpha value is -1.18. The van der Waals surface area contributed by atoms with E-state index in [9.17, 15) is 12.8 Å². The van der Waals surface area contributed by atoms with Gasteiger partial charge in [0.1, 0.15) is 5.82 Å². The van der Waals surface area contributed by atoms with Crippen molar-refractivity contribution in [1.29, 1.82) is 0 Å². The van der Waals surface area contributed by atoms with Gasteiger partial charge in [-0.2, -0.15) is 0 Å². The molecule has 1 aromatic rings. The average Bonchev–Trinajstić information content (AvgIpc) is 2.28. The van der Waals surface area contributed by atoms with Gasteiger partial charge in [0.05, 0.1) is 23.3 Å². The number of hydrogen-bond donors (Lipinski definition) is 2. The van der Waals surface area contributed by atoms with Gasteiger partial charge in [-0.15, -0.1) is 0 Å². The summed E-state index contributed by atoms with van der Waals surface area (Å²) in [5, 5.41) is 0. The van der Waals surface area contributed by atoms with Gasteiger partial charge in [0.15, 0.2) is 0 Å². The first-order chi connectivity index (χ1) is 8.33. The Balaban J connectivity index is 2.66. The third-order valence-corrected chi connectivity index (χ3v) is 3.58. The highest BCUT2D eigenvalue weighted by molar-refractivity contribution is 7.89. The van der Waals surface area contributed by atoms with Crippen molar-refractivity contribution < 1.29 is 17.5 Å². The van der Waals surface area contributed by atoms with E-state index in [-0.39, 0.29) is 29.8 Å². The maximum atomic E-state index is 12.9. The Bertz CT molecular complexity index is 503. The Labute approximate surface area is 106 Å². The molecule has 0 heterocycles. The van der Waals surface area contributed by atoms with Crippen LogP contribution in [0.5, 0.6) is 0 Å². The van der Waals surface area contributed by atoms with Crippen LogP contribution in [0.15, 0.2) is 23.1 Å². The van der Waals surface area contributed by atoms with Crippen molar-refractivity contribution in [3.8, 4) is 0 Å². The summed E-state index contributed by atoms with van der Waals surface area (Å²) in [5.41, 5.74) is 5.12. The zero-order valence-electron chi connectivity index (χ0n) is 10.3. The topological polar surface area (TPSA) is 81.4 Å². The summed E-state index contributed by atoms with van der Waals surface area (Å²) in [4.78, 5) is -0.0639. The van der Waals surface area contributed by atoms with E-state index >= 15 is 0 Å². The Kier molecular flexibility index (Phi) is 5.06. The quantitative estimate of drug-likeness (QED) is 0.602. The second-order valence-corrected chi connectivity index (χ2v) is 5.77. The van der Waals surface area contributed by atoms with E-state index in [0.29, 0.717) is 0 Å². The minimum Gasteiger partial charge on any atom is -0.396 e. The van der Waals surface area contributed by atoms with Gasteiger partial charge in [0, 0.05) is 6.54 Å².